The second-order valence-electron chi connectivity index (χ2n) is 10.6. The van der Waals surface area contributed by atoms with E-state index in [4.69, 9.17) is 10.1 Å². The highest BCUT2D eigenvalue weighted by Crippen LogP contribution is 2.44. The maximum atomic E-state index is 12.8. The summed E-state index contributed by atoms with van der Waals surface area (Å²) in [6.45, 7) is 7.93. The molecule has 0 aliphatic heterocycles. The van der Waals surface area contributed by atoms with E-state index in [1.54, 1.807) is 18.2 Å². The number of fused-ring (bicyclic) bond motifs is 1. The summed E-state index contributed by atoms with van der Waals surface area (Å²) < 4.78 is 43.7. The fourth-order valence-corrected chi connectivity index (χ4v) is 5.68. The molecule has 0 bridgehead atoms. The zero-order valence-corrected chi connectivity index (χ0v) is 21.6. The maximum absolute atomic E-state index is 12.8. The number of benzene rings is 2. The standard InChI is InChI=1S/C27H31F3N4O4/c1-15-11-16(2)14-26(4,13-15)34-22-12-18(23(35)31-17(3)24(36)37)5-10-21(22)33-25(34)32-19-6-8-20(9-7-19)38-27(28,29)30/h5-10,12,15-17H,11,13-14H2,1-4H3,(H,31,35)(H,32,33)(H,36,37)/t15-,16?,17+,26?/m0/s1. The molecular weight excluding hydrogens is 501 g/mol. The number of alkyl halides is 3. The minimum atomic E-state index is -4.78. The van der Waals surface area contributed by atoms with Crippen LogP contribution in [-0.4, -0.2) is 38.9 Å². The predicted molar refractivity (Wildman–Crippen MR) is 137 cm³/mol. The summed E-state index contributed by atoms with van der Waals surface area (Å²) in [6.07, 6.45) is -1.96. The highest BCUT2D eigenvalue weighted by atomic mass is 19.4. The van der Waals surface area contributed by atoms with Crippen molar-refractivity contribution in [2.45, 2.75) is 64.9 Å². The lowest BCUT2D eigenvalue weighted by Gasteiger charge is -2.42. The smallest absolute Gasteiger partial charge is 0.480 e. The maximum Gasteiger partial charge on any atom is 0.573 e. The van der Waals surface area contributed by atoms with Gasteiger partial charge in [-0.15, -0.1) is 13.2 Å². The molecule has 1 amide bonds. The van der Waals surface area contributed by atoms with E-state index in [1.165, 1.54) is 31.2 Å². The van der Waals surface area contributed by atoms with Crippen molar-refractivity contribution in [3.63, 3.8) is 0 Å². The van der Waals surface area contributed by atoms with Crippen LogP contribution in [0.3, 0.4) is 0 Å². The van der Waals surface area contributed by atoms with E-state index in [0.29, 0.717) is 40.1 Å². The molecule has 1 heterocycles. The monoisotopic (exact) mass is 532 g/mol. The van der Waals surface area contributed by atoms with E-state index in [1.807, 2.05) is 0 Å². The molecule has 2 aromatic carbocycles. The number of halogens is 3. The Morgan fingerprint density at radius 1 is 1.13 bits per heavy atom. The van der Waals surface area contributed by atoms with Crippen LogP contribution in [0.25, 0.3) is 11.0 Å². The zero-order valence-electron chi connectivity index (χ0n) is 21.6. The molecule has 1 aromatic heterocycles. The average Bonchev–Trinajstić information content (AvgIpc) is 3.16. The van der Waals surface area contributed by atoms with Gasteiger partial charge in [-0.1, -0.05) is 13.8 Å². The molecule has 1 aliphatic rings. The van der Waals surface area contributed by atoms with Crippen molar-refractivity contribution in [3.8, 4) is 5.75 Å². The molecule has 11 heteroatoms. The molecule has 3 N–H and O–H groups in total. The highest BCUT2D eigenvalue weighted by Gasteiger charge is 2.38. The van der Waals surface area contributed by atoms with Crippen molar-refractivity contribution in [1.82, 2.24) is 14.9 Å². The van der Waals surface area contributed by atoms with Gasteiger partial charge in [0.15, 0.2) is 0 Å². The van der Waals surface area contributed by atoms with E-state index in [-0.39, 0.29) is 11.3 Å². The average molecular weight is 533 g/mol. The lowest BCUT2D eigenvalue weighted by Crippen LogP contribution is -2.39. The van der Waals surface area contributed by atoms with Crippen LogP contribution in [-0.2, 0) is 10.3 Å². The van der Waals surface area contributed by atoms with Crippen LogP contribution in [0.15, 0.2) is 42.5 Å². The number of hydrogen-bond donors (Lipinski definition) is 3. The predicted octanol–water partition coefficient (Wildman–Crippen LogP) is 6.05. The van der Waals surface area contributed by atoms with E-state index in [0.717, 1.165) is 19.3 Å². The lowest BCUT2D eigenvalue weighted by molar-refractivity contribution is -0.274. The third-order valence-corrected chi connectivity index (χ3v) is 6.90. The van der Waals surface area contributed by atoms with Gasteiger partial charge in [0, 0.05) is 16.8 Å². The molecule has 8 nitrogen and oxygen atoms in total. The SMILES string of the molecule is CC1C[C@H](C)CC(C)(n2c(Nc3ccc(OC(F)(F)F)cc3)nc3ccc(C(=O)N[C@H](C)C(=O)O)cc32)C1. The molecule has 204 valence electrons. The van der Waals surface area contributed by atoms with Crippen molar-refractivity contribution in [3.05, 3.63) is 48.0 Å². The van der Waals surface area contributed by atoms with Gasteiger partial charge in [-0.05, 0) is 87.4 Å². The first-order valence-electron chi connectivity index (χ1n) is 12.4. The van der Waals surface area contributed by atoms with E-state index in [2.05, 4.69) is 40.7 Å². The minimum Gasteiger partial charge on any atom is -0.480 e. The summed E-state index contributed by atoms with van der Waals surface area (Å²) >= 11 is 0. The van der Waals surface area contributed by atoms with E-state index < -0.39 is 24.3 Å². The number of aliphatic carboxylic acids is 1. The van der Waals surface area contributed by atoms with Gasteiger partial charge in [-0.2, -0.15) is 0 Å². The molecule has 1 fully saturated rings. The fourth-order valence-electron chi connectivity index (χ4n) is 5.68. The summed E-state index contributed by atoms with van der Waals surface area (Å²) in [7, 11) is 0. The van der Waals surface area contributed by atoms with Gasteiger partial charge < -0.3 is 25.0 Å². The topological polar surface area (TPSA) is 105 Å². The highest BCUT2D eigenvalue weighted by molar-refractivity contribution is 5.99. The Labute approximate surface area is 218 Å². The molecule has 3 aromatic rings. The number of ether oxygens (including phenoxy) is 1. The molecule has 1 aliphatic carbocycles. The summed E-state index contributed by atoms with van der Waals surface area (Å²) in [6, 6.07) is 9.34. The number of nitrogens with one attached hydrogen (secondary N) is 2. The first kappa shape index (κ1) is 27.3. The van der Waals surface area contributed by atoms with E-state index >= 15 is 0 Å². The molecule has 0 spiro atoms. The van der Waals surface area contributed by atoms with Gasteiger partial charge in [0.25, 0.3) is 5.91 Å². The Morgan fingerprint density at radius 3 is 2.34 bits per heavy atom. The number of imidazole rings is 1. The molecular formula is C27H31F3N4O4. The third-order valence-electron chi connectivity index (χ3n) is 6.90. The van der Waals surface area contributed by atoms with Crippen LogP contribution in [0.5, 0.6) is 5.75 Å². The number of anilines is 2. The van der Waals surface area contributed by atoms with Crippen LogP contribution in [0.4, 0.5) is 24.8 Å². The number of amides is 1. The van der Waals surface area contributed by atoms with Crippen LogP contribution in [0, 0.1) is 11.8 Å². The van der Waals surface area contributed by atoms with Crippen molar-refractivity contribution < 1.29 is 32.6 Å². The number of carboxylic acid groups (broad SMARTS) is 1. The summed E-state index contributed by atoms with van der Waals surface area (Å²) in [5, 5.41) is 14.9. The Bertz CT molecular complexity index is 1330. The molecule has 38 heavy (non-hydrogen) atoms. The Kier molecular flexibility index (Phi) is 7.31. The van der Waals surface area contributed by atoms with E-state index in [9.17, 15) is 22.8 Å². The first-order chi connectivity index (χ1) is 17.7. The number of aromatic nitrogens is 2. The van der Waals surface area contributed by atoms with Gasteiger partial charge in [0.1, 0.15) is 11.8 Å². The Hall–Kier alpha value is -3.76. The van der Waals surface area contributed by atoms with Crippen molar-refractivity contribution >= 4 is 34.5 Å². The van der Waals surface area contributed by atoms with Gasteiger partial charge in [0.05, 0.1) is 11.0 Å². The minimum absolute atomic E-state index is 0.299. The van der Waals surface area contributed by atoms with Crippen molar-refractivity contribution in [2.24, 2.45) is 11.8 Å². The fraction of sp³-hybridized carbons (Fsp3) is 0.444. The number of nitrogens with zero attached hydrogens (tertiary/aromatic N) is 2. The quantitative estimate of drug-likeness (QED) is 0.342. The third kappa shape index (κ3) is 6.03. The molecule has 4 rings (SSSR count). The number of rotatable bonds is 7. The zero-order chi connectivity index (χ0) is 27.8. The molecule has 4 atom stereocenters. The van der Waals surface area contributed by atoms with Crippen molar-refractivity contribution in [2.75, 3.05) is 5.32 Å². The summed E-state index contributed by atoms with van der Waals surface area (Å²) in [5.41, 5.74) is 1.78. The number of carboxylic acids is 1. The normalized spacial score (nSPS) is 22.6. The number of carbonyl (C=O) groups is 2. The van der Waals surface area contributed by atoms with Crippen LogP contribution in [0.1, 0.15) is 57.3 Å². The Morgan fingerprint density at radius 2 is 1.76 bits per heavy atom. The Balaban J connectivity index is 1.76. The lowest BCUT2D eigenvalue weighted by atomic mass is 9.72. The second-order valence-corrected chi connectivity index (χ2v) is 10.6. The van der Waals surface area contributed by atoms with Crippen LogP contribution < -0.4 is 15.4 Å². The van der Waals surface area contributed by atoms with Gasteiger partial charge >= 0.3 is 12.3 Å². The number of hydrogen-bond acceptors (Lipinski definition) is 5. The number of carbonyl (C=O) groups excluding carboxylic acids is 1. The van der Waals surface area contributed by atoms with Crippen LogP contribution >= 0.6 is 0 Å². The van der Waals surface area contributed by atoms with Crippen molar-refractivity contribution in [1.29, 1.82) is 0 Å². The second kappa shape index (κ2) is 10.2. The van der Waals surface area contributed by atoms with Gasteiger partial charge in [-0.25, -0.2) is 4.98 Å². The van der Waals surface area contributed by atoms with Crippen LogP contribution in [0.2, 0.25) is 0 Å². The largest absolute Gasteiger partial charge is 0.573 e. The summed E-state index contributed by atoms with van der Waals surface area (Å²) in [4.78, 5) is 28.8. The molecule has 1 saturated carbocycles. The molecule has 0 saturated heterocycles. The molecule has 0 radical (unpaired) electrons. The summed E-state index contributed by atoms with van der Waals surface area (Å²) in [5.74, 6) is -0.610. The molecule has 2 unspecified atom stereocenters. The first-order valence-corrected chi connectivity index (χ1v) is 12.4. The van der Waals surface area contributed by atoms with Gasteiger partial charge in [0.2, 0.25) is 5.95 Å². The van der Waals surface area contributed by atoms with Gasteiger partial charge in [-0.3, -0.25) is 9.59 Å².